The Labute approximate surface area is 293 Å². The van der Waals surface area contributed by atoms with Gasteiger partial charge in [0.25, 0.3) is 0 Å². The van der Waals surface area contributed by atoms with Crippen LogP contribution in [-0.4, -0.2) is 47.6 Å². The molecule has 0 bridgehead atoms. The zero-order valence-corrected chi connectivity index (χ0v) is 28.9. The van der Waals surface area contributed by atoms with Crippen molar-refractivity contribution in [1.82, 2.24) is 0 Å². The van der Waals surface area contributed by atoms with Crippen molar-refractivity contribution in [3.8, 4) is 34.5 Å². The van der Waals surface area contributed by atoms with Crippen LogP contribution in [0.15, 0.2) is 115 Å². The van der Waals surface area contributed by atoms with E-state index in [4.69, 9.17) is 37.9 Å². The molecule has 0 radical (unpaired) electrons. The predicted octanol–water partition coefficient (Wildman–Crippen LogP) is 8.03. The van der Waals surface area contributed by atoms with Crippen molar-refractivity contribution < 1.29 is 42.7 Å². The van der Waals surface area contributed by atoms with Gasteiger partial charge in [0.1, 0.15) is 31.1 Å². The van der Waals surface area contributed by atoms with Crippen LogP contribution in [0.3, 0.4) is 0 Å². The number of methoxy groups -OCH3 is 5. The molecule has 1 atom stereocenters. The molecule has 50 heavy (non-hydrogen) atoms. The van der Waals surface area contributed by atoms with E-state index in [2.05, 4.69) is 0 Å². The van der Waals surface area contributed by atoms with E-state index in [1.807, 2.05) is 91.0 Å². The van der Waals surface area contributed by atoms with Gasteiger partial charge < -0.3 is 37.9 Å². The number of rotatable bonds is 18. The molecule has 5 aromatic carbocycles. The summed E-state index contributed by atoms with van der Waals surface area (Å²) in [6.07, 6.45) is -0.995. The first-order valence-corrected chi connectivity index (χ1v) is 16.1. The number of carbonyl (C=O) groups is 1. The van der Waals surface area contributed by atoms with Crippen LogP contribution < -0.4 is 28.4 Å². The van der Waals surface area contributed by atoms with E-state index in [1.54, 1.807) is 31.4 Å². The highest BCUT2D eigenvalue weighted by molar-refractivity contribution is 6.07. The number of hydrogen-bond acceptors (Lipinski definition) is 9. The lowest BCUT2D eigenvalue weighted by Crippen LogP contribution is -2.30. The van der Waals surface area contributed by atoms with Gasteiger partial charge in [-0.15, -0.1) is 0 Å². The van der Waals surface area contributed by atoms with Gasteiger partial charge in [0.2, 0.25) is 5.75 Å². The van der Waals surface area contributed by atoms with Gasteiger partial charge in [0.05, 0.1) is 27.2 Å². The molecule has 0 saturated heterocycles. The Balaban J connectivity index is 1.59. The summed E-state index contributed by atoms with van der Waals surface area (Å²) >= 11 is 0. The van der Waals surface area contributed by atoms with Crippen LogP contribution >= 0.6 is 0 Å². The third-order valence-corrected chi connectivity index (χ3v) is 8.10. The molecule has 1 unspecified atom stereocenters. The average molecular weight is 679 g/mol. The highest BCUT2D eigenvalue weighted by Crippen LogP contribution is 2.48. The third kappa shape index (κ3) is 8.55. The van der Waals surface area contributed by atoms with Gasteiger partial charge in [0, 0.05) is 20.3 Å². The lowest BCUT2D eigenvalue weighted by Gasteiger charge is -2.27. The van der Waals surface area contributed by atoms with E-state index in [9.17, 15) is 0 Å². The number of Topliss-reactive ketones (excluding diaryl/α,β-unsaturated/α-hetero) is 1. The molecule has 0 spiro atoms. The molecule has 0 aliphatic rings. The minimum Gasteiger partial charge on any atom is -0.493 e. The van der Waals surface area contributed by atoms with E-state index in [0.717, 1.165) is 16.7 Å². The van der Waals surface area contributed by atoms with Gasteiger partial charge in [-0.05, 0) is 34.4 Å². The zero-order chi connectivity index (χ0) is 35.3. The monoisotopic (exact) mass is 678 g/mol. The van der Waals surface area contributed by atoms with E-state index >= 15 is 4.79 Å². The molecule has 0 heterocycles. The van der Waals surface area contributed by atoms with E-state index < -0.39 is 18.0 Å². The molecule has 0 fully saturated rings. The van der Waals surface area contributed by atoms with Crippen LogP contribution in [0.5, 0.6) is 34.5 Å². The Morgan fingerprint density at radius 1 is 0.500 bits per heavy atom. The fourth-order valence-corrected chi connectivity index (χ4v) is 5.58. The van der Waals surface area contributed by atoms with Gasteiger partial charge in [-0.1, -0.05) is 97.1 Å². The fourth-order valence-electron chi connectivity index (χ4n) is 5.58. The Morgan fingerprint density at radius 3 is 1.48 bits per heavy atom. The van der Waals surface area contributed by atoms with E-state index in [-0.39, 0.29) is 36.0 Å². The lowest BCUT2D eigenvalue weighted by atomic mass is 9.88. The fraction of sp³-hybridized carbons (Fsp3) is 0.244. The Bertz CT molecular complexity index is 1810. The predicted molar refractivity (Wildman–Crippen MR) is 190 cm³/mol. The molecular formula is C41H42O9. The van der Waals surface area contributed by atoms with Gasteiger partial charge in [-0.2, -0.15) is 0 Å². The molecule has 9 nitrogen and oxygen atoms in total. The Morgan fingerprint density at radius 2 is 1.00 bits per heavy atom. The molecule has 0 saturated carbocycles. The molecule has 0 aliphatic heterocycles. The summed E-state index contributed by atoms with van der Waals surface area (Å²) in [5, 5.41) is 0. The van der Waals surface area contributed by atoms with Crippen LogP contribution in [0.4, 0.5) is 0 Å². The second-order valence-electron chi connectivity index (χ2n) is 11.2. The normalized spacial score (nSPS) is 11.5. The minimum atomic E-state index is -0.995. The second-order valence-corrected chi connectivity index (χ2v) is 11.2. The number of benzene rings is 5. The highest BCUT2D eigenvalue weighted by atomic mass is 16.7. The van der Waals surface area contributed by atoms with Gasteiger partial charge >= 0.3 is 0 Å². The van der Waals surface area contributed by atoms with Crippen LogP contribution in [0.2, 0.25) is 0 Å². The topological polar surface area (TPSA) is 90.9 Å². The third-order valence-electron chi connectivity index (χ3n) is 8.10. The summed E-state index contributed by atoms with van der Waals surface area (Å²) in [6.45, 7) is 0.728. The van der Waals surface area contributed by atoms with Crippen molar-refractivity contribution in [2.45, 2.75) is 32.0 Å². The number of ketones is 1. The molecule has 0 aliphatic carbocycles. The molecule has 5 rings (SSSR count). The molecule has 9 heteroatoms. The summed E-state index contributed by atoms with van der Waals surface area (Å²) in [5.74, 6) is 0.549. The average Bonchev–Trinajstić information content (AvgIpc) is 3.17. The maximum absolute atomic E-state index is 15.0. The lowest BCUT2D eigenvalue weighted by molar-refractivity contribution is -0.110. The van der Waals surface area contributed by atoms with Crippen LogP contribution in [0, 0.1) is 0 Å². The van der Waals surface area contributed by atoms with E-state index in [0.29, 0.717) is 29.4 Å². The zero-order valence-electron chi connectivity index (χ0n) is 28.9. The van der Waals surface area contributed by atoms with Crippen LogP contribution in [-0.2, 0) is 29.3 Å². The maximum atomic E-state index is 15.0. The maximum Gasteiger partial charge on any atom is 0.204 e. The first-order valence-electron chi connectivity index (χ1n) is 16.1. The first-order chi connectivity index (χ1) is 24.5. The summed E-state index contributed by atoms with van der Waals surface area (Å²) < 4.78 is 47.7. The smallest absolute Gasteiger partial charge is 0.204 e. The summed E-state index contributed by atoms with van der Waals surface area (Å²) in [7, 11) is 7.51. The molecule has 0 N–H and O–H groups in total. The van der Waals surface area contributed by atoms with Crippen LogP contribution in [0.25, 0.3) is 0 Å². The quantitative estimate of drug-likeness (QED) is 0.0675. The number of hydrogen-bond donors (Lipinski definition) is 0. The molecular weight excluding hydrogens is 636 g/mol. The second kappa shape index (κ2) is 17.8. The Hall–Kier alpha value is -5.51. The van der Waals surface area contributed by atoms with Gasteiger partial charge in [-0.25, -0.2) is 0 Å². The van der Waals surface area contributed by atoms with Crippen LogP contribution in [0.1, 0.15) is 38.5 Å². The molecule has 0 aromatic heterocycles. The summed E-state index contributed by atoms with van der Waals surface area (Å²) in [6, 6.07) is 36.1. The SMILES string of the molecule is COc1cc(C(C(=O)c2c(OCc3ccccc3)cc(OC)c(OCc3ccccc3)c2OC)C(OC)OC)ccc1OCc1ccccc1. The molecule has 5 aromatic rings. The van der Waals surface area contributed by atoms with Crippen molar-refractivity contribution >= 4 is 5.78 Å². The largest absolute Gasteiger partial charge is 0.493 e. The van der Waals surface area contributed by atoms with Gasteiger partial charge in [0.15, 0.2) is 35.1 Å². The number of ether oxygens (including phenoxy) is 8. The van der Waals surface area contributed by atoms with Crippen molar-refractivity contribution in [1.29, 1.82) is 0 Å². The van der Waals surface area contributed by atoms with Gasteiger partial charge in [-0.3, -0.25) is 4.79 Å². The van der Waals surface area contributed by atoms with Crippen molar-refractivity contribution in [2.24, 2.45) is 0 Å². The minimum absolute atomic E-state index is 0.139. The summed E-state index contributed by atoms with van der Waals surface area (Å²) in [5.41, 5.74) is 3.54. The van der Waals surface area contributed by atoms with E-state index in [1.165, 1.54) is 28.4 Å². The first kappa shape index (κ1) is 35.8. The molecule has 260 valence electrons. The Kier molecular flexibility index (Phi) is 12.7. The summed E-state index contributed by atoms with van der Waals surface area (Å²) in [4.78, 5) is 15.0. The number of carbonyl (C=O) groups excluding carboxylic acids is 1. The standard InChI is InChI=1S/C41H42O9/c1-43-33-23-31(21-22-32(33)48-25-28-15-9-6-10-16-28)36(41(46-4)47-5)38(42)37-34(49-26-29-17-11-7-12-18-29)24-35(44-2)39(40(37)45-3)50-27-30-19-13-8-14-20-30/h6-24,36,41H,25-27H2,1-5H3. The van der Waals surface area contributed by atoms with Crippen molar-refractivity contribution in [3.05, 3.63) is 143 Å². The van der Waals surface area contributed by atoms with Crippen molar-refractivity contribution in [2.75, 3.05) is 35.5 Å². The van der Waals surface area contributed by atoms with Crippen molar-refractivity contribution in [3.63, 3.8) is 0 Å². The molecule has 0 amide bonds. The highest BCUT2D eigenvalue weighted by Gasteiger charge is 2.37.